The van der Waals surface area contributed by atoms with Gasteiger partial charge in [-0.3, -0.25) is 4.79 Å². The summed E-state index contributed by atoms with van der Waals surface area (Å²) >= 11 is 0. The van der Waals surface area contributed by atoms with Crippen LogP contribution in [0.1, 0.15) is 53.9 Å². The molecule has 1 aliphatic heterocycles. The first-order valence-electron chi connectivity index (χ1n) is 10.4. The molecule has 5 nitrogen and oxygen atoms in total. The molecule has 0 radical (unpaired) electrons. The predicted octanol–water partition coefficient (Wildman–Crippen LogP) is 3.62. The maximum absolute atomic E-state index is 13.1. The molecule has 1 heterocycles. The van der Waals surface area contributed by atoms with Gasteiger partial charge in [-0.25, -0.2) is 4.79 Å². The van der Waals surface area contributed by atoms with Crippen molar-refractivity contribution in [2.24, 2.45) is 22.2 Å². The Morgan fingerprint density at radius 2 is 1.86 bits per heavy atom. The molecule has 0 unspecified atom stereocenters. The van der Waals surface area contributed by atoms with E-state index >= 15 is 0 Å². The highest BCUT2D eigenvalue weighted by Gasteiger charge is 2.82. The van der Waals surface area contributed by atoms with Gasteiger partial charge in [0.15, 0.2) is 13.9 Å². The molecule has 1 spiro atoms. The van der Waals surface area contributed by atoms with Gasteiger partial charge < -0.3 is 14.3 Å². The van der Waals surface area contributed by atoms with Gasteiger partial charge in [0.2, 0.25) is 0 Å². The van der Waals surface area contributed by atoms with Crippen LogP contribution in [0.15, 0.2) is 12.2 Å². The zero-order valence-electron chi connectivity index (χ0n) is 18.3. The summed E-state index contributed by atoms with van der Waals surface area (Å²) in [4.78, 5) is 26.0. The van der Waals surface area contributed by atoms with Crippen LogP contribution in [0.3, 0.4) is 0 Å². The molecule has 4 aliphatic rings. The van der Waals surface area contributed by atoms with Gasteiger partial charge in [0, 0.05) is 11.8 Å². The molecule has 1 saturated heterocycles. The van der Waals surface area contributed by atoms with Crippen LogP contribution in [0, 0.1) is 22.2 Å². The van der Waals surface area contributed by atoms with Gasteiger partial charge >= 0.3 is 5.97 Å². The van der Waals surface area contributed by atoms with E-state index in [4.69, 9.17) is 9.16 Å². The Kier molecular flexibility index (Phi) is 3.76. The van der Waals surface area contributed by atoms with E-state index in [-0.39, 0.29) is 28.8 Å². The quantitative estimate of drug-likeness (QED) is 0.431. The Labute approximate surface area is 169 Å². The summed E-state index contributed by atoms with van der Waals surface area (Å²) in [5.74, 6) is -0.504. The SMILES string of the molecule is C=C1C[C@@]23C[C@@H](O[Si](C)(C)C(C)(C)C)[C@@]4(O)C(=O)OC[C@@]4(C)[C@@H]2CC(=O)[C@@]13C. The van der Waals surface area contributed by atoms with E-state index in [1.165, 1.54) is 0 Å². The van der Waals surface area contributed by atoms with E-state index in [2.05, 4.69) is 40.4 Å². The number of hydrogen-bond donors (Lipinski definition) is 1. The Bertz CT molecular complexity index is 797. The first-order chi connectivity index (χ1) is 12.6. The van der Waals surface area contributed by atoms with Gasteiger partial charge in [-0.1, -0.05) is 39.8 Å². The van der Waals surface area contributed by atoms with Gasteiger partial charge in [0.05, 0.1) is 11.5 Å². The van der Waals surface area contributed by atoms with Crippen LogP contribution in [0.25, 0.3) is 0 Å². The summed E-state index contributed by atoms with van der Waals surface area (Å²) in [5.41, 5.74) is -2.44. The van der Waals surface area contributed by atoms with Gasteiger partial charge in [0.25, 0.3) is 0 Å². The van der Waals surface area contributed by atoms with Crippen LogP contribution in [0.5, 0.6) is 0 Å². The third-order valence-corrected chi connectivity index (χ3v) is 14.0. The lowest BCUT2D eigenvalue weighted by Crippen LogP contribution is -2.72. The largest absolute Gasteiger partial charge is 0.463 e. The summed E-state index contributed by atoms with van der Waals surface area (Å²) in [6.07, 6.45) is 0.976. The second-order valence-corrected chi connectivity index (χ2v) is 16.3. The van der Waals surface area contributed by atoms with Crippen molar-refractivity contribution < 1.29 is 23.9 Å². The number of aliphatic hydroxyl groups is 1. The minimum atomic E-state index is -2.27. The van der Waals surface area contributed by atoms with Gasteiger partial charge in [-0.05, 0) is 49.2 Å². The topological polar surface area (TPSA) is 72.8 Å². The van der Waals surface area contributed by atoms with E-state index in [9.17, 15) is 14.7 Å². The lowest BCUT2D eigenvalue weighted by Gasteiger charge is -2.66. The number of fused-ring (bicyclic) bond motifs is 2. The summed E-state index contributed by atoms with van der Waals surface area (Å²) in [7, 11) is -2.27. The van der Waals surface area contributed by atoms with Crippen molar-refractivity contribution in [2.75, 3.05) is 6.61 Å². The number of carbonyl (C=O) groups is 2. The van der Waals surface area contributed by atoms with Crippen molar-refractivity contribution in [1.29, 1.82) is 0 Å². The third kappa shape index (κ3) is 1.91. The normalized spacial score (nSPS) is 47.9. The minimum Gasteiger partial charge on any atom is -0.463 e. The maximum atomic E-state index is 13.1. The molecule has 3 saturated carbocycles. The first-order valence-corrected chi connectivity index (χ1v) is 13.3. The van der Waals surface area contributed by atoms with E-state index < -0.39 is 36.8 Å². The Morgan fingerprint density at radius 1 is 1.25 bits per heavy atom. The smallest absolute Gasteiger partial charge is 0.341 e. The fourth-order valence-corrected chi connectivity index (χ4v) is 7.76. The second-order valence-electron chi connectivity index (χ2n) is 11.6. The van der Waals surface area contributed by atoms with Crippen molar-refractivity contribution in [3.63, 3.8) is 0 Å². The lowest BCUT2D eigenvalue weighted by molar-refractivity contribution is -0.226. The average molecular weight is 407 g/mol. The van der Waals surface area contributed by atoms with Gasteiger partial charge in [-0.15, -0.1) is 0 Å². The Balaban J connectivity index is 1.85. The molecule has 6 atom stereocenters. The van der Waals surface area contributed by atoms with Gasteiger partial charge in [-0.2, -0.15) is 0 Å². The highest BCUT2D eigenvalue weighted by molar-refractivity contribution is 6.74. The number of Topliss-reactive ketones (excluding diaryl/α,β-unsaturated/α-hetero) is 1. The number of esters is 1. The molecule has 4 rings (SSSR count). The van der Waals surface area contributed by atoms with Crippen molar-refractivity contribution in [1.82, 2.24) is 0 Å². The van der Waals surface area contributed by atoms with Crippen LogP contribution in [0.4, 0.5) is 0 Å². The fourth-order valence-electron chi connectivity index (χ4n) is 6.44. The maximum Gasteiger partial charge on any atom is 0.341 e. The molecule has 0 aromatic carbocycles. The highest BCUT2D eigenvalue weighted by atomic mass is 28.4. The van der Waals surface area contributed by atoms with E-state index in [1.807, 2.05) is 13.8 Å². The molecule has 1 N–H and O–H groups in total. The van der Waals surface area contributed by atoms with Crippen molar-refractivity contribution >= 4 is 20.1 Å². The number of cyclic esters (lactones) is 1. The minimum absolute atomic E-state index is 0.0607. The van der Waals surface area contributed by atoms with Crippen molar-refractivity contribution in [2.45, 2.75) is 83.7 Å². The second kappa shape index (κ2) is 5.19. The number of ether oxygens (including phenoxy) is 1. The van der Waals surface area contributed by atoms with Crippen molar-refractivity contribution in [3.05, 3.63) is 12.2 Å². The summed E-state index contributed by atoms with van der Waals surface area (Å²) < 4.78 is 12.2. The average Bonchev–Trinajstić information content (AvgIpc) is 2.91. The lowest BCUT2D eigenvalue weighted by atomic mass is 9.38. The van der Waals surface area contributed by atoms with Crippen LogP contribution in [-0.2, 0) is 18.8 Å². The highest BCUT2D eigenvalue weighted by Crippen LogP contribution is 2.78. The number of carbonyl (C=O) groups excluding carboxylic acids is 2. The Hall–Kier alpha value is -0.983. The number of hydrogen-bond acceptors (Lipinski definition) is 5. The first kappa shape index (κ1) is 20.3. The Morgan fingerprint density at radius 3 is 2.39 bits per heavy atom. The molecular weight excluding hydrogens is 372 g/mol. The summed E-state index contributed by atoms with van der Waals surface area (Å²) in [6, 6.07) is 0. The molecule has 28 heavy (non-hydrogen) atoms. The van der Waals surface area contributed by atoms with Crippen LogP contribution in [-0.4, -0.2) is 43.5 Å². The van der Waals surface area contributed by atoms with E-state index in [1.54, 1.807) is 0 Å². The summed E-state index contributed by atoms with van der Waals surface area (Å²) in [5, 5.41) is 11.8. The number of allylic oxidation sites excluding steroid dienone is 1. The van der Waals surface area contributed by atoms with Crippen LogP contribution < -0.4 is 0 Å². The standard InChI is InChI=1S/C22H34O5Si/c1-13-10-21-11-16(27-28(7,8)18(2,3)4)22(25)17(24)26-12-19(22,5)14(21)9-15(23)20(13,21)6/h14,16,25H,1,9-12H2,2-8H3/t14-,16+,19-,20+,21+,22+/m0/s1. The molecule has 0 aromatic rings. The van der Waals surface area contributed by atoms with Crippen LogP contribution in [0.2, 0.25) is 18.1 Å². The molecule has 0 amide bonds. The molecule has 156 valence electrons. The number of rotatable bonds is 2. The number of ketones is 1. The predicted molar refractivity (Wildman–Crippen MR) is 108 cm³/mol. The van der Waals surface area contributed by atoms with Gasteiger partial charge in [0.1, 0.15) is 12.4 Å². The van der Waals surface area contributed by atoms with E-state index in [0.29, 0.717) is 12.8 Å². The molecule has 4 fully saturated rings. The van der Waals surface area contributed by atoms with Crippen molar-refractivity contribution in [3.8, 4) is 0 Å². The molecule has 6 heteroatoms. The zero-order valence-corrected chi connectivity index (χ0v) is 19.3. The van der Waals surface area contributed by atoms with E-state index in [0.717, 1.165) is 12.0 Å². The molecule has 0 bridgehead atoms. The monoisotopic (exact) mass is 406 g/mol. The van der Waals surface area contributed by atoms with Crippen LogP contribution >= 0.6 is 0 Å². The summed E-state index contributed by atoms with van der Waals surface area (Å²) in [6.45, 7) is 19.0. The third-order valence-electron chi connectivity index (χ3n) is 9.56. The molecule has 0 aromatic heterocycles. The molecular formula is C22H34O5Si. The fraction of sp³-hybridized carbons (Fsp3) is 0.818. The molecule has 3 aliphatic carbocycles. The zero-order chi connectivity index (χ0) is 21.1.